The third kappa shape index (κ3) is 4.06. The van der Waals surface area contributed by atoms with Crippen LogP contribution in [0.5, 0.6) is 11.5 Å². The van der Waals surface area contributed by atoms with Crippen LogP contribution < -0.4 is 19.5 Å². The van der Waals surface area contributed by atoms with Gasteiger partial charge in [0, 0.05) is 24.9 Å². The molecular weight excluding hydrogens is 406 g/mol. The zero-order chi connectivity index (χ0) is 21.1. The molecule has 0 saturated heterocycles. The lowest BCUT2D eigenvalue weighted by Crippen LogP contribution is -2.15. The van der Waals surface area contributed by atoms with E-state index < -0.39 is 10.0 Å². The van der Waals surface area contributed by atoms with Gasteiger partial charge in [-0.15, -0.1) is 0 Å². The molecule has 3 aromatic rings. The molecule has 0 unspecified atom stereocenters. The molecule has 30 heavy (non-hydrogen) atoms. The predicted molar refractivity (Wildman–Crippen MR) is 112 cm³/mol. The maximum Gasteiger partial charge on any atom is 0.261 e. The highest BCUT2D eigenvalue weighted by Gasteiger charge is 2.20. The fourth-order valence-corrected chi connectivity index (χ4v) is 4.19. The van der Waals surface area contributed by atoms with Crippen LogP contribution in [0.4, 0.5) is 11.4 Å². The van der Waals surface area contributed by atoms with Crippen LogP contribution in [-0.4, -0.2) is 33.0 Å². The first-order valence-corrected chi connectivity index (χ1v) is 10.6. The summed E-state index contributed by atoms with van der Waals surface area (Å²) in [6.07, 6.45) is 3.70. The van der Waals surface area contributed by atoms with Crippen LogP contribution in [-0.2, 0) is 16.4 Å². The second-order valence-corrected chi connectivity index (χ2v) is 8.27. The SMILES string of the molecule is COc1cc(NS(=O)(=O)c2ccc3c(c2)CCO3)ccc1NC(=O)c1cccnc1. The average molecular weight is 425 g/mol. The van der Waals surface area contributed by atoms with Crippen molar-refractivity contribution in [2.45, 2.75) is 11.3 Å². The number of methoxy groups -OCH3 is 1. The minimum atomic E-state index is -3.80. The van der Waals surface area contributed by atoms with Crippen molar-refractivity contribution >= 4 is 27.3 Å². The molecule has 0 saturated carbocycles. The quantitative estimate of drug-likeness (QED) is 0.629. The molecule has 1 aliphatic heterocycles. The molecule has 1 amide bonds. The monoisotopic (exact) mass is 425 g/mol. The van der Waals surface area contributed by atoms with E-state index in [2.05, 4.69) is 15.0 Å². The molecule has 1 aliphatic rings. The van der Waals surface area contributed by atoms with E-state index >= 15 is 0 Å². The zero-order valence-corrected chi connectivity index (χ0v) is 16.9. The van der Waals surface area contributed by atoms with Crippen molar-refractivity contribution in [3.8, 4) is 11.5 Å². The number of nitrogens with one attached hydrogen (secondary N) is 2. The molecule has 0 spiro atoms. The fourth-order valence-electron chi connectivity index (χ4n) is 3.09. The predicted octanol–water partition coefficient (Wildman–Crippen LogP) is 3.08. The number of benzene rings is 2. The first-order valence-electron chi connectivity index (χ1n) is 9.14. The fraction of sp³-hybridized carbons (Fsp3) is 0.143. The molecule has 2 heterocycles. The minimum absolute atomic E-state index is 0.152. The lowest BCUT2D eigenvalue weighted by molar-refractivity contribution is 0.102. The first-order chi connectivity index (χ1) is 14.5. The normalized spacial score (nSPS) is 12.6. The number of carbonyl (C=O) groups excluding carboxylic acids is 1. The van der Waals surface area contributed by atoms with Crippen molar-refractivity contribution in [3.63, 3.8) is 0 Å². The average Bonchev–Trinajstić information content (AvgIpc) is 3.23. The highest BCUT2D eigenvalue weighted by atomic mass is 32.2. The van der Waals surface area contributed by atoms with Gasteiger partial charge in [0.1, 0.15) is 11.5 Å². The number of sulfonamides is 1. The second kappa shape index (κ2) is 8.03. The Morgan fingerprint density at radius 2 is 2.03 bits per heavy atom. The van der Waals surface area contributed by atoms with Crippen molar-refractivity contribution in [3.05, 3.63) is 72.1 Å². The van der Waals surface area contributed by atoms with E-state index in [4.69, 9.17) is 9.47 Å². The van der Waals surface area contributed by atoms with E-state index in [0.717, 1.165) is 5.56 Å². The number of fused-ring (bicyclic) bond motifs is 1. The Hall–Kier alpha value is -3.59. The standard InChI is InChI=1S/C21H19N3O5S/c1-28-20-12-16(4-6-18(20)23-21(25)15-3-2-9-22-13-15)24-30(26,27)17-5-7-19-14(11-17)8-10-29-19/h2-7,9,11-13,24H,8,10H2,1H3,(H,23,25). The Morgan fingerprint density at radius 3 is 2.80 bits per heavy atom. The van der Waals surface area contributed by atoms with E-state index in [0.29, 0.717) is 41.5 Å². The molecule has 0 fully saturated rings. The van der Waals surface area contributed by atoms with Gasteiger partial charge in [0.15, 0.2) is 0 Å². The lowest BCUT2D eigenvalue weighted by atomic mass is 10.2. The number of hydrogen-bond acceptors (Lipinski definition) is 6. The number of carbonyl (C=O) groups is 1. The lowest BCUT2D eigenvalue weighted by Gasteiger charge is -2.14. The third-order valence-corrected chi connectivity index (χ3v) is 5.98. The number of nitrogens with zero attached hydrogens (tertiary/aromatic N) is 1. The van der Waals surface area contributed by atoms with Crippen LogP contribution in [0.25, 0.3) is 0 Å². The van der Waals surface area contributed by atoms with E-state index in [-0.39, 0.29) is 10.8 Å². The molecule has 2 N–H and O–H groups in total. The molecule has 1 aromatic heterocycles. The van der Waals surface area contributed by atoms with Gasteiger partial charge in [0.25, 0.3) is 15.9 Å². The van der Waals surface area contributed by atoms with Crippen molar-refractivity contribution in [1.29, 1.82) is 0 Å². The summed E-state index contributed by atoms with van der Waals surface area (Å²) in [6, 6.07) is 12.7. The number of rotatable bonds is 6. The highest BCUT2D eigenvalue weighted by Crippen LogP contribution is 2.31. The largest absolute Gasteiger partial charge is 0.494 e. The molecule has 154 valence electrons. The van der Waals surface area contributed by atoms with Crippen molar-refractivity contribution in [2.75, 3.05) is 23.8 Å². The molecular formula is C21H19N3O5S. The summed E-state index contributed by atoms with van der Waals surface area (Å²) in [5.41, 5.74) is 1.97. The second-order valence-electron chi connectivity index (χ2n) is 6.58. The van der Waals surface area contributed by atoms with Gasteiger partial charge in [-0.2, -0.15) is 0 Å². The van der Waals surface area contributed by atoms with E-state index in [1.54, 1.807) is 42.6 Å². The molecule has 8 nitrogen and oxygen atoms in total. The maximum absolute atomic E-state index is 12.8. The molecule has 0 aliphatic carbocycles. The van der Waals surface area contributed by atoms with Gasteiger partial charge in [0.2, 0.25) is 0 Å². The van der Waals surface area contributed by atoms with Gasteiger partial charge in [-0.3, -0.25) is 14.5 Å². The van der Waals surface area contributed by atoms with Crippen molar-refractivity contribution in [1.82, 2.24) is 4.98 Å². The summed E-state index contributed by atoms with van der Waals surface area (Å²) < 4.78 is 38.8. The van der Waals surface area contributed by atoms with Crippen LogP contribution >= 0.6 is 0 Å². The topological polar surface area (TPSA) is 107 Å². The summed E-state index contributed by atoms with van der Waals surface area (Å²) in [7, 11) is -2.36. The summed E-state index contributed by atoms with van der Waals surface area (Å²) >= 11 is 0. The summed E-state index contributed by atoms with van der Waals surface area (Å²) in [6.45, 7) is 0.551. The van der Waals surface area contributed by atoms with Crippen LogP contribution in [0.2, 0.25) is 0 Å². The Morgan fingerprint density at radius 1 is 1.17 bits per heavy atom. The van der Waals surface area contributed by atoms with E-state index in [9.17, 15) is 13.2 Å². The number of hydrogen-bond donors (Lipinski definition) is 2. The summed E-state index contributed by atoms with van der Waals surface area (Å²) in [4.78, 5) is 16.4. The molecule has 0 atom stereocenters. The van der Waals surface area contributed by atoms with Crippen LogP contribution in [0.15, 0.2) is 65.8 Å². The minimum Gasteiger partial charge on any atom is -0.494 e. The summed E-state index contributed by atoms with van der Waals surface area (Å²) in [5.74, 6) is 0.675. The Labute approximate surface area is 173 Å². The smallest absolute Gasteiger partial charge is 0.261 e. The number of ether oxygens (including phenoxy) is 2. The third-order valence-electron chi connectivity index (χ3n) is 4.60. The Balaban J connectivity index is 1.54. The van der Waals surface area contributed by atoms with Gasteiger partial charge >= 0.3 is 0 Å². The summed E-state index contributed by atoms with van der Waals surface area (Å²) in [5, 5.41) is 2.73. The number of amides is 1. The van der Waals surface area contributed by atoms with E-state index in [1.165, 1.54) is 25.4 Å². The number of pyridine rings is 1. The molecule has 4 rings (SSSR count). The van der Waals surface area contributed by atoms with Gasteiger partial charge < -0.3 is 14.8 Å². The van der Waals surface area contributed by atoms with Crippen molar-refractivity contribution < 1.29 is 22.7 Å². The number of anilines is 2. The Bertz CT molecular complexity index is 1200. The maximum atomic E-state index is 12.8. The first kappa shape index (κ1) is 19.7. The molecule has 2 aromatic carbocycles. The van der Waals surface area contributed by atoms with Gasteiger partial charge in [-0.05, 0) is 48.0 Å². The van der Waals surface area contributed by atoms with Crippen LogP contribution in [0.1, 0.15) is 15.9 Å². The van der Waals surface area contributed by atoms with Crippen molar-refractivity contribution in [2.24, 2.45) is 0 Å². The van der Waals surface area contributed by atoms with Crippen LogP contribution in [0.3, 0.4) is 0 Å². The molecule has 0 radical (unpaired) electrons. The molecule has 0 bridgehead atoms. The highest BCUT2D eigenvalue weighted by molar-refractivity contribution is 7.92. The van der Waals surface area contributed by atoms with Gasteiger partial charge in [-0.25, -0.2) is 8.42 Å². The van der Waals surface area contributed by atoms with Gasteiger partial charge in [0.05, 0.1) is 35.6 Å². The molecule has 9 heteroatoms. The number of aromatic nitrogens is 1. The Kier molecular flexibility index (Phi) is 5.28. The van der Waals surface area contributed by atoms with Crippen LogP contribution in [0, 0.1) is 0 Å². The van der Waals surface area contributed by atoms with E-state index in [1.807, 2.05) is 0 Å². The van der Waals surface area contributed by atoms with Gasteiger partial charge in [-0.1, -0.05) is 0 Å². The zero-order valence-electron chi connectivity index (χ0n) is 16.1.